The highest BCUT2D eigenvalue weighted by Crippen LogP contribution is 2.41. The van der Waals surface area contributed by atoms with Crippen LogP contribution in [0.5, 0.6) is 0 Å². The van der Waals surface area contributed by atoms with Gasteiger partial charge in [0.1, 0.15) is 0 Å². The van der Waals surface area contributed by atoms with Gasteiger partial charge in [0.15, 0.2) is 0 Å². The first kappa shape index (κ1) is 29.9. The molecule has 0 radical (unpaired) electrons. The zero-order valence-corrected chi connectivity index (χ0v) is 29.6. The molecule has 6 aromatic carbocycles. The van der Waals surface area contributed by atoms with Gasteiger partial charge in [0.25, 0.3) is 0 Å². The lowest BCUT2D eigenvalue weighted by Crippen LogP contribution is -2.06. The summed E-state index contributed by atoms with van der Waals surface area (Å²) in [6.45, 7) is 0. The molecule has 11 rings (SSSR count). The lowest BCUT2D eigenvalue weighted by atomic mass is 9.92. The predicted octanol–water partition coefficient (Wildman–Crippen LogP) is 13.5. The van der Waals surface area contributed by atoms with E-state index in [1.54, 1.807) is 0 Å². The maximum atomic E-state index is 2.52. The molecule has 3 aliphatic rings. The molecule has 3 heterocycles. The number of allylic oxidation sites excluding steroid dienone is 5. The van der Waals surface area contributed by atoms with Gasteiger partial charge in [-0.05, 0) is 129 Å². The number of hydrogen-bond donors (Lipinski definition) is 0. The van der Waals surface area contributed by atoms with E-state index < -0.39 is 0 Å². The van der Waals surface area contributed by atoms with Crippen molar-refractivity contribution < 1.29 is 0 Å². The molecule has 3 heteroatoms. The van der Waals surface area contributed by atoms with Gasteiger partial charge in [0.2, 0.25) is 0 Å². The van der Waals surface area contributed by atoms with Crippen LogP contribution >= 0.6 is 11.8 Å². The van der Waals surface area contributed by atoms with E-state index in [0.717, 1.165) is 25.0 Å². The molecule has 0 spiro atoms. The summed E-state index contributed by atoms with van der Waals surface area (Å²) in [6.07, 6.45) is 19.1. The molecule has 8 aromatic rings. The fourth-order valence-electron chi connectivity index (χ4n) is 8.87. The molecule has 0 saturated heterocycles. The van der Waals surface area contributed by atoms with Crippen molar-refractivity contribution in [2.24, 2.45) is 0 Å². The average Bonchev–Trinajstić information content (AvgIpc) is 3.73. The van der Waals surface area contributed by atoms with Crippen LogP contribution in [0.1, 0.15) is 41.3 Å². The average molecular weight is 685 g/mol. The molecule has 1 atom stereocenters. The number of rotatable bonds is 4. The van der Waals surface area contributed by atoms with Crippen molar-refractivity contribution in [1.82, 2.24) is 9.13 Å². The molecule has 248 valence electrons. The van der Waals surface area contributed by atoms with E-state index in [-0.39, 0.29) is 0 Å². The van der Waals surface area contributed by atoms with Crippen LogP contribution in [0.25, 0.3) is 83.6 Å². The van der Waals surface area contributed by atoms with Crippen LogP contribution < -0.4 is 0 Å². The standard InChI is InChI=1S/C49H36N2S/c1-2-10-40(11-3-1)50-46-13-7-6-12-42(46)44-29-38(19-22-47(44)50)39-20-23-48-45(30-39)43-24-25-52-31-49(43)51(48)41-21-18-36-27-35(16-17-37(36)28-41)34-15-14-32-8-4-5-9-33(32)26-34/h1-3,5-7,9-10,12-30,40H,4,8,11,31H2. The number of hydrogen-bond acceptors (Lipinski definition) is 1. The molecule has 0 N–H and O–H groups in total. The van der Waals surface area contributed by atoms with Gasteiger partial charge in [-0.15, -0.1) is 11.8 Å². The molecule has 0 bridgehead atoms. The number of benzene rings is 6. The highest BCUT2D eigenvalue weighted by Gasteiger charge is 2.21. The SMILES string of the molecule is C1=CCC(n2c3ccccc3c3cc(-c4ccc5c(c4)c4c(n5-c5ccc6cc(-c7ccc8c(c7)C=CCC8)ccc6c5)CSC=C4)ccc32)C=C1. The largest absolute Gasteiger partial charge is 0.333 e. The molecule has 2 nitrogen and oxygen atoms in total. The quantitative estimate of drug-likeness (QED) is 0.179. The lowest BCUT2D eigenvalue weighted by Gasteiger charge is -2.18. The van der Waals surface area contributed by atoms with E-state index in [1.165, 1.54) is 93.8 Å². The normalized spacial score (nSPS) is 16.3. The number of nitrogens with zero attached hydrogens (tertiary/aromatic N) is 2. The number of thioether (sulfide) groups is 1. The maximum absolute atomic E-state index is 2.52. The van der Waals surface area contributed by atoms with Gasteiger partial charge in [-0.2, -0.15) is 0 Å². The van der Waals surface area contributed by atoms with Gasteiger partial charge < -0.3 is 9.13 Å². The number of aryl methyl sites for hydroxylation is 1. The maximum Gasteiger partial charge on any atom is 0.0560 e. The molecular weight excluding hydrogens is 649 g/mol. The van der Waals surface area contributed by atoms with Crippen molar-refractivity contribution >= 4 is 67.4 Å². The van der Waals surface area contributed by atoms with Crippen molar-refractivity contribution in [2.75, 3.05) is 0 Å². The molecule has 0 amide bonds. The Bertz CT molecular complexity index is 2890. The minimum atomic E-state index is 0.328. The Morgan fingerprint density at radius 3 is 2.29 bits per heavy atom. The van der Waals surface area contributed by atoms with Gasteiger partial charge in [0.05, 0.1) is 11.6 Å². The predicted molar refractivity (Wildman–Crippen MR) is 224 cm³/mol. The Labute approximate surface area is 307 Å². The van der Waals surface area contributed by atoms with E-state index in [4.69, 9.17) is 0 Å². The van der Waals surface area contributed by atoms with Gasteiger partial charge in [-0.25, -0.2) is 0 Å². The van der Waals surface area contributed by atoms with Gasteiger partial charge in [-0.1, -0.05) is 97.1 Å². The summed E-state index contributed by atoms with van der Waals surface area (Å²) in [6, 6.07) is 44.2. The Kier molecular flexibility index (Phi) is 6.85. The minimum Gasteiger partial charge on any atom is -0.333 e. The monoisotopic (exact) mass is 684 g/mol. The van der Waals surface area contributed by atoms with Gasteiger partial charge in [0, 0.05) is 49.9 Å². The smallest absolute Gasteiger partial charge is 0.0560 e. The highest BCUT2D eigenvalue weighted by molar-refractivity contribution is 8.01. The fraction of sp³-hybridized carbons (Fsp3) is 0.102. The number of aromatic nitrogens is 2. The van der Waals surface area contributed by atoms with Crippen LogP contribution in [0, 0.1) is 0 Å². The molecule has 2 aromatic heterocycles. The van der Waals surface area contributed by atoms with E-state index in [9.17, 15) is 0 Å². The summed E-state index contributed by atoms with van der Waals surface area (Å²) < 4.78 is 5.02. The fourth-order valence-corrected chi connectivity index (χ4v) is 9.64. The number of fused-ring (bicyclic) bond motifs is 8. The first-order chi connectivity index (χ1) is 25.8. The zero-order valence-electron chi connectivity index (χ0n) is 28.8. The molecule has 1 unspecified atom stereocenters. The molecule has 52 heavy (non-hydrogen) atoms. The number of para-hydroxylation sites is 1. The van der Waals surface area contributed by atoms with Crippen molar-refractivity contribution in [3.05, 3.63) is 173 Å². The molecule has 1 aliphatic heterocycles. The van der Waals surface area contributed by atoms with Crippen molar-refractivity contribution in [2.45, 2.75) is 31.1 Å². The zero-order chi connectivity index (χ0) is 34.2. The third kappa shape index (κ3) is 4.73. The van der Waals surface area contributed by atoms with E-state index in [2.05, 4.69) is 172 Å². The minimum absolute atomic E-state index is 0.328. The van der Waals surface area contributed by atoms with E-state index in [0.29, 0.717) is 6.04 Å². The molecular formula is C49H36N2S. The first-order valence-electron chi connectivity index (χ1n) is 18.4. The summed E-state index contributed by atoms with van der Waals surface area (Å²) in [5.41, 5.74) is 15.6. The summed E-state index contributed by atoms with van der Waals surface area (Å²) in [5, 5.41) is 8.72. The highest BCUT2D eigenvalue weighted by atomic mass is 32.2. The summed E-state index contributed by atoms with van der Waals surface area (Å²) in [7, 11) is 0. The van der Waals surface area contributed by atoms with E-state index >= 15 is 0 Å². The Morgan fingerprint density at radius 2 is 1.37 bits per heavy atom. The van der Waals surface area contributed by atoms with Gasteiger partial charge in [-0.3, -0.25) is 0 Å². The lowest BCUT2D eigenvalue weighted by molar-refractivity contribution is 0.648. The van der Waals surface area contributed by atoms with Crippen molar-refractivity contribution in [3.63, 3.8) is 0 Å². The second kappa shape index (κ2) is 11.9. The molecule has 0 fully saturated rings. The summed E-state index contributed by atoms with van der Waals surface area (Å²) in [4.78, 5) is 0. The summed E-state index contributed by atoms with van der Waals surface area (Å²) in [5.74, 6) is 0.954. The van der Waals surface area contributed by atoms with Crippen LogP contribution in [0.3, 0.4) is 0 Å². The van der Waals surface area contributed by atoms with Crippen LogP contribution in [-0.4, -0.2) is 9.13 Å². The Balaban J connectivity index is 1.00. The summed E-state index contributed by atoms with van der Waals surface area (Å²) >= 11 is 1.87. The van der Waals surface area contributed by atoms with Crippen molar-refractivity contribution in [1.29, 1.82) is 0 Å². The third-order valence-electron chi connectivity index (χ3n) is 11.4. The van der Waals surface area contributed by atoms with Crippen LogP contribution in [-0.2, 0) is 12.2 Å². The van der Waals surface area contributed by atoms with Crippen LogP contribution in [0.2, 0.25) is 0 Å². The second-order valence-corrected chi connectivity index (χ2v) is 15.3. The van der Waals surface area contributed by atoms with Crippen molar-refractivity contribution in [3.8, 4) is 27.9 Å². The molecule has 0 saturated carbocycles. The van der Waals surface area contributed by atoms with Gasteiger partial charge >= 0.3 is 0 Å². The topological polar surface area (TPSA) is 9.86 Å². The second-order valence-electron chi connectivity index (χ2n) is 14.4. The first-order valence-corrected chi connectivity index (χ1v) is 19.5. The third-order valence-corrected chi connectivity index (χ3v) is 12.2. The van der Waals surface area contributed by atoms with Crippen LogP contribution in [0.15, 0.2) is 151 Å². The Hall–Kier alpha value is -5.77. The Morgan fingerprint density at radius 1 is 0.596 bits per heavy atom. The van der Waals surface area contributed by atoms with Crippen LogP contribution in [0.4, 0.5) is 0 Å². The molecule has 2 aliphatic carbocycles. The van der Waals surface area contributed by atoms with E-state index in [1.807, 2.05) is 11.8 Å².